The maximum absolute atomic E-state index is 4.61. The smallest absolute Gasteiger partial charge is 0.227 e. The van der Waals surface area contributed by atoms with E-state index in [1.54, 1.807) is 0 Å². The van der Waals surface area contributed by atoms with Crippen LogP contribution >= 0.6 is 0 Å². The van der Waals surface area contributed by atoms with Crippen molar-refractivity contribution in [1.82, 2.24) is 25.3 Å². The van der Waals surface area contributed by atoms with Crippen LogP contribution in [0.2, 0.25) is 0 Å². The molecule has 1 aromatic carbocycles. The van der Waals surface area contributed by atoms with Crippen molar-refractivity contribution >= 4 is 11.6 Å². The molecule has 4 rings (SSSR count). The predicted octanol–water partition coefficient (Wildman–Crippen LogP) is 1.87. The van der Waals surface area contributed by atoms with Crippen LogP contribution in [-0.2, 0) is 19.5 Å². The summed E-state index contributed by atoms with van der Waals surface area (Å²) in [5, 5.41) is 11.2. The van der Waals surface area contributed by atoms with E-state index in [9.17, 15) is 0 Å². The lowest BCUT2D eigenvalue weighted by molar-refractivity contribution is 0.344. The molecule has 0 spiro atoms. The van der Waals surface area contributed by atoms with Crippen molar-refractivity contribution in [1.29, 1.82) is 0 Å². The number of nitrogens with one attached hydrogen (secondary N) is 2. The molecule has 120 valence electrons. The van der Waals surface area contributed by atoms with Crippen LogP contribution in [0.5, 0.6) is 0 Å². The normalized spacial score (nSPS) is 25.7. The Balaban J connectivity index is 1.42. The van der Waals surface area contributed by atoms with Crippen molar-refractivity contribution in [2.45, 2.75) is 32.6 Å². The van der Waals surface area contributed by atoms with E-state index in [0.717, 1.165) is 37.4 Å². The molecule has 0 bridgehead atoms. The van der Waals surface area contributed by atoms with Gasteiger partial charge in [0.25, 0.3) is 0 Å². The van der Waals surface area contributed by atoms with Gasteiger partial charge in [0.15, 0.2) is 0 Å². The van der Waals surface area contributed by atoms with Crippen LogP contribution in [0.25, 0.3) is 0 Å². The quantitative estimate of drug-likeness (QED) is 0.841. The summed E-state index contributed by atoms with van der Waals surface area (Å²) < 4.78 is 0. The fourth-order valence-corrected chi connectivity index (χ4v) is 2.98. The van der Waals surface area contributed by atoms with Gasteiger partial charge in [-0.3, -0.25) is 0 Å². The third kappa shape index (κ3) is 3.06. The van der Waals surface area contributed by atoms with Gasteiger partial charge in [0.1, 0.15) is 0 Å². The summed E-state index contributed by atoms with van der Waals surface area (Å²) in [6.07, 6.45) is 3.50. The topological polar surface area (TPSA) is 55.9 Å². The molecular weight excluding hydrogens is 288 g/mol. The highest BCUT2D eigenvalue weighted by Gasteiger charge is 2.36. The molecule has 0 amide bonds. The first-order chi connectivity index (χ1) is 11.2. The molecule has 0 aliphatic carbocycles. The molecule has 6 heteroatoms. The van der Waals surface area contributed by atoms with E-state index in [0.29, 0.717) is 12.1 Å². The zero-order chi connectivity index (χ0) is 15.8. The minimum atomic E-state index is 0.547. The van der Waals surface area contributed by atoms with E-state index in [1.807, 2.05) is 6.20 Å². The van der Waals surface area contributed by atoms with Crippen LogP contribution in [-0.4, -0.2) is 39.7 Å². The number of hydrazine groups is 1. The largest absolute Gasteiger partial charge is 0.324 e. The minimum absolute atomic E-state index is 0.547. The zero-order valence-corrected chi connectivity index (χ0v) is 13.6. The molecule has 2 aliphatic rings. The Labute approximate surface area is 136 Å². The molecule has 0 saturated carbocycles. The summed E-state index contributed by atoms with van der Waals surface area (Å²) in [6, 6.07) is 8.48. The average Bonchev–Trinajstić information content (AvgIpc) is 3.15. The third-order valence-electron chi connectivity index (χ3n) is 4.70. The van der Waals surface area contributed by atoms with E-state index in [1.165, 1.54) is 11.1 Å². The van der Waals surface area contributed by atoms with Crippen LogP contribution in [0, 0.1) is 0 Å². The van der Waals surface area contributed by atoms with Gasteiger partial charge in [-0.2, -0.15) is 0 Å². The summed E-state index contributed by atoms with van der Waals surface area (Å²) in [5.74, 6) is 0.666. The minimum Gasteiger partial charge on any atom is -0.324 e. The SMILES string of the molecule is CC1N(C)N1Cc1ccc(Nc2ncc3c(n2)CNCC3)cc1. The fourth-order valence-electron chi connectivity index (χ4n) is 2.98. The Morgan fingerprint density at radius 2 is 2.09 bits per heavy atom. The van der Waals surface area contributed by atoms with Crippen molar-refractivity contribution in [2.75, 3.05) is 18.9 Å². The van der Waals surface area contributed by atoms with Gasteiger partial charge >= 0.3 is 0 Å². The Morgan fingerprint density at radius 1 is 1.30 bits per heavy atom. The van der Waals surface area contributed by atoms with Gasteiger partial charge in [0.2, 0.25) is 5.95 Å². The van der Waals surface area contributed by atoms with E-state index >= 15 is 0 Å². The number of hydrogen-bond donors (Lipinski definition) is 2. The summed E-state index contributed by atoms with van der Waals surface area (Å²) in [7, 11) is 2.11. The highest BCUT2D eigenvalue weighted by atomic mass is 15.8. The summed E-state index contributed by atoms with van der Waals surface area (Å²) in [4.78, 5) is 9.03. The number of anilines is 2. The molecule has 2 aromatic rings. The van der Waals surface area contributed by atoms with E-state index in [2.05, 4.69) is 68.9 Å². The molecule has 0 radical (unpaired) electrons. The lowest BCUT2D eigenvalue weighted by atomic mass is 10.1. The molecule has 2 aliphatic heterocycles. The number of hydrogen-bond acceptors (Lipinski definition) is 6. The third-order valence-corrected chi connectivity index (χ3v) is 4.70. The van der Waals surface area contributed by atoms with Crippen LogP contribution in [0.15, 0.2) is 30.5 Å². The van der Waals surface area contributed by atoms with Crippen molar-refractivity contribution < 1.29 is 0 Å². The standard InChI is InChI=1S/C17H22N6/c1-12-22(2)23(12)11-13-3-5-15(6-4-13)20-17-19-9-14-7-8-18-10-16(14)21-17/h3-6,9,12,18H,7-8,10-11H2,1-2H3,(H,19,20,21). The molecule has 1 aromatic heterocycles. The van der Waals surface area contributed by atoms with Crippen LogP contribution in [0.4, 0.5) is 11.6 Å². The number of rotatable bonds is 4. The summed E-state index contributed by atoms with van der Waals surface area (Å²) >= 11 is 0. The van der Waals surface area contributed by atoms with Crippen molar-refractivity contribution in [3.05, 3.63) is 47.3 Å². The molecule has 1 saturated heterocycles. The van der Waals surface area contributed by atoms with Crippen LogP contribution < -0.4 is 10.6 Å². The Hall–Kier alpha value is -2.02. The molecule has 23 heavy (non-hydrogen) atoms. The monoisotopic (exact) mass is 310 g/mol. The predicted molar refractivity (Wildman–Crippen MR) is 89.9 cm³/mol. The maximum atomic E-state index is 4.61. The van der Waals surface area contributed by atoms with E-state index in [4.69, 9.17) is 0 Å². The van der Waals surface area contributed by atoms with Gasteiger partial charge in [-0.25, -0.2) is 20.0 Å². The van der Waals surface area contributed by atoms with Crippen molar-refractivity contribution in [2.24, 2.45) is 0 Å². The zero-order valence-electron chi connectivity index (χ0n) is 13.6. The molecule has 6 nitrogen and oxygen atoms in total. The highest BCUT2D eigenvalue weighted by Crippen LogP contribution is 2.26. The molecule has 3 unspecified atom stereocenters. The number of aromatic nitrogens is 2. The van der Waals surface area contributed by atoms with Gasteiger partial charge in [-0.1, -0.05) is 12.1 Å². The number of fused-ring (bicyclic) bond motifs is 1. The number of nitrogens with zero attached hydrogens (tertiary/aromatic N) is 4. The summed E-state index contributed by atoms with van der Waals surface area (Å²) in [5.41, 5.74) is 4.68. The van der Waals surface area contributed by atoms with Gasteiger partial charge in [0, 0.05) is 32.0 Å². The molecule has 3 atom stereocenters. The molecule has 1 fully saturated rings. The van der Waals surface area contributed by atoms with Crippen LogP contribution in [0.1, 0.15) is 23.7 Å². The lowest BCUT2D eigenvalue weighted by Crippen LogP contribution is -2.25. The number of benzene rings is 1. The average molecular weight is 310 g/mol. The maximum Gasteiger partial charge on any atom is 0.227 e. The Morgan fingerprint density at radius 3 is 2.83 bits per heavy atom. The lowest BCUT2D eigenvalue weighted by Gasteiger charge is -2.16. The van der Waals surface area contributed by atoms with Gasteiger partial charge in [0.05, 0.1) is 11.9 Å². The first-order valence-electron chi connectivity index (χ1n) is 8.11. The molecular formula is C17H22N6. The van der Waals surface area contributed by atoms with Gasteiger partial charge < -0.3 is 10.6 Å². The molecule has 3 heterocycles. The second kappa shape index (κ2) is 5.88. The van der Waals surface area contributed by atoms with Crippen LogP contribution in [0.3, 0.4) is 0 Å². The first kappa shape index (κ1) is 14.6. The van der Waals surface area contributed by atoms with E-state index in [-0.39, 0.29) is 0 Å². The second-order valence-electron chi connectivity index (χ2n) is 6.22. The second-order valence-corrected chi connectivity index (χ2v) is 6.22. The van der Waals surface area contributed by atoms with Crippen molar-refractivity contribution in [3.63, 3.8) is 0 Å². The highest BCUT2D eigenvalue weighted by molar-refractivity contribution is 5.54. The summed E-state index contributed by atoms with van der Waals surface area (Å²) in [6.45, 7) is 5.00. The Bertz CT molecular complexity index is 691. The van der Waals surface area contributed by atoms with E-state index < -0.39 is 0 Å². The Kier molecular flexibility index (Phi) is 3.72. The fraction of sp³-hybridized carbons (Fsp3) is 0.412. The molecule has 2 N–H and O–H groups in total. The first-order valence-corrected chi connectivity index (χ1v) is 8.11. The van der Waals surface area contributed by atoms with Crippen molar-refractivity contribution in [3.8, 4) is 0 Å². The van der Waals surface area contributed by atoms with Gasteiger partial charge in [-0.05, 0) is 43.1 Å². The van der Waals surface area contributed by atoms with Gasteiger partial charge in [-0.15, -0.1) is 0 Å².